The minimum atomic E-state index is 0.320. The minimum Gasteiger partial charge on any atom is -0.454 e. The molecule has 1 aliphatic rings. The number of fused-ring (bicyclic) bond motifs is 1. The van der Waals surface area contributed by atoms with Gasteiger partial charge in [0, 0.05) is 24.8 Å². The van der Waals surface area contributed by atoms with Gasteiger partial charge in [-0.1, -0.05) is 0 Å². The third kappa shape index (κ3) is 2.31. The van der Waals surface area contributed by atoms with Crippen LogP contribution in [0, 0.1) is 6.92 Å². The molecule has 17 heavy (non-hydrogen) atoms. The highest BCUT2D eigenvalue weighted by Crippen LogP contribution is 2.38. The van der Waals surface area contributed by atoms with Crippen LogP contribution in [-0.2, 0) is 0 Å². The molecule has 0 radical (unpaired) electrons. The highest BCUT2D eigenvalue weighted by atomic mass is 16.7. The number of rotatable bonds is 4. The molecule has 1 aromatic carbocycles. The molecule has 4 nitrogen and oxygen atoms in total. The number of aryl methyl sites for hydroxylation is 1. The molecule has 0 spiro atoms. The fraction of sp³-hybridized carbons (Fsp3) is 0.538. The lowest BCUT2D eigenvalue weighted by Gasteiger charge is -2.28. The van der Waals surface area contributed by atoms with E-state index in [1.807, 2.05) is 12.1 Å². The molecule has 2 rings (SSSR count). The van der Waals surface area contributed by atoms with Gasteiger partial charge < -0.3 is 20.1 Å². The molecular weight excluding hydrogens is 216 g/mol. The van der Waals surface area contributed by atoms with Gasteiger partial charge in [-0.15, -0.1) is 0 Å². The number of nitrogens with two attached hydrogens (primary N) is 1. The normalized spacial score (nSPS) is 14.8. The quantitative estimate of drug-likeness (QED) is 0.867. The fourth-order valence-corrected chi connectivity index (χ4v) is 2.09. The van der Waals surface area contributed by atoms with Crippen LogP contribution in [0.1, 0.15) is 18.9 Å². The summed E-state index contributed by atoms with van der Waals surface area (Å²) in [5.41, 5.74) is 7.97. The summed E-state index contributed by atoms with van der Waals surface area (Å²) in [4.78, 5) is 2.24. The monoisotopic (exact) mass is 236 g/mol. The van der Waals surface area contributed by atoms with Crippen molar-refractivity contribution >= 4 is 5.69 Å². The van der Waals surface area contributed by atoms with Crippen molar-refractivity contribution in [2.45, 2.75) is 26.3 Å². The zero-order valence-corrected chi connectivity index (χ0v) is 10.7. The molecule has 4 heteroatoms. The zero-order valence-electron chi connectivity index (χ0n) is 10.7. The molecule has 0 fully saturated rings. The summed E-state index contributed by atoms with van der Waals surface area (Å²) >= 11 is 0. The van der Waals surface area contributed by atoms with Gasteiger partial charge in [0.15, 0.2) is 11.5 Å². The van der Waals surface area contributed by atoms with Crippen molar-refractivity contribution in [1.29, 1.82) is 0 Å². The van der Waals surface area contributed by atoms with E-state index in [2.05, 4.69) is 25.8 Å². The highest BCUT2D eigenvalue weighted by Gasteiger charge is 2.19. The molecular formula is C13H20N2O2. The highest BCUT2D eigenvalue weighted by molar-refractivity contribution is 5.62. The second-order valence-corrected chi connectivity index (χ2v) is 4.53. The van der Waals surface area contributed by atoms with Crippen LogP contribution in [0.15, 0.2) is 12.1 Å². The average Bonchev–Trinajstić information content (AvgIpc) is 2.74. The van der Waals surface area contributed by atoms with Crippen molar-refractivity contribution in [2.24, 2.45) is 5.73 Å². The van der Waals surface area contributed by atoms with Crippen molar-refractivity contribution < 1.29 is 9.47 Å². The Morgan fingerprint density at radius 2 is 2.00 bits per heavy atom. The second-order valence-electron chi connectivity index (χ2n) is 4.53. The third-order valence-electron chi connectivity index (χ3n) is 3.32. The zero-order chi connectivity index (χ0) is 12.4. The number of hydrogen-bond acceptors (Lipinski definition) is 4. The molecule has 2 N–H and O–H groups in total. The van der Waals surface area contributed by atoms with E-state index in [0.29, 0.717) is 19.4 Å². The van der Waals surface area contributed by atoms with E-state index in [0.717, 1.165) is 17.9 Å². The summed E-state index contributed by atoms with van der Waals surface area (Å²) in [6.45, 7) is 5.29. The first-order valence-electron chi connectivity index (χ1n) is 5.96. The van der Waals surface area contributed by atoms with Crippen LogP contribution < -0.4 is 20.1 Å². The van der Waals surface area contributed by atoms with E-state index in [1.165, 1.54) is 11.3 Å². The van der Waals surface area contributed by atoms with E-state index in [4.69, 9.17) is 15.2 Å². The molecule has 0 saturated heterocycles. The largest absolute Gasteiger partial charge is 0.454 e. The van der Waals surface area contributed by atoms with Crippen LogP contribution in [0.2, 0.25) is 0 Å². The van der Waals surface area contributed by atoms with Crippen molar-refractivity contribution in [1.82, 2.24) is 0 Å². The van der Waals surface area contributed by atoms with Crippen molar-refractivity contribution in [3.05, 3.63) is 17.7 Å². The molecule has 94 valence electrons. The Labute approximate surface area is 102 Å². The molecule has 0 aromatic heterocycles. The van der Waals surface area contributed by atoms with E-state index < -0.39 is 0 Å². The van der Waals surface area contributed by atoms with Crippen LogP contribution in [0.3, 0.4) is 0 Å². The predicted octanol–water partition coefficient (Wildman–Crippen LogP) is 1.90. The Hall–Kier alpha value is -1.42. The summed E-state index contributed by atoms with van der Waals surface area (Å²) in [5, 5.41) is 0. The molecule has 1 unspecified atom stereocenters. The second kappa shape index (κ2) is 4.84. The Kier molecular flexibility index (Phi) is 3.43. The van der Waals surface area contributed by atoms with Crippen molar-refractivity contribution in [3.8, 4) is 11.5 Å². The van der Waals surface area contributed by atoms with E-state index in [1.54, 1.807) is 0 Å². The lowest BCUT2D eigenvalue weighted by Crippen LogP contribution is -2.31. The Morgan fingerprint density at radius 3 is 2.65 bits per heavy atom. The first kappa shape index (κ1) is 12.0. The molecule has 0 aliphatic carbocycles. The van der Waals surface area contributed by atoms with Gasteiger partial charge in [0.1, 0.15) is 0 Å². The molecule has 0 amide bonds. The molecule has 1 aliphatic heterocycles. The van der Waals surface area contributed by atoms with Crippen LogP contribution in [0.5, 0.6) is 11.5 Å². The number of ether oxygens (including phenoxy) is 2. The minimum absolute atomic E-state index is 0.320. The Bertz CT molecular complexity index is 407. The van der Waals surface area contributed by atoms with Crippen LogP contribution in [-0.4, -0.2) is 26.4 Å². The number of hydrogen-bond donors (Lipinski definition) is 1. The Morgan fingerprint density at radius 1 is 1.35 bits per heavy atom. The maximum absolute atomic E-state index is 5.60. The van der Waals surface area contributed by atoms with E-state index in [-0.39, 0.29) is 0 Å². The molecule has 0 saturated carbocycles. The SMILES string of the molecule is Cc1cc2c(cc1N(C)C(C)CCN)OCO2. The summed E-state index contributed by atoms with van der Waals surface area (Å²) in [5.74, 6) is 1.67. The summed E-state index contributed by atoms with van der Waals surface area (Å²) in [7, 11) is 2.09. The lowest BCUT2D eigenvalue weighted by molar-refractivity contribution is 0.174. The van der Waals surface area contributed by atoms with Crippen LogP contribution >= 0.6 is 0 Å². The topological polar surface area (TPSA) is 47.7 Å². The standard InChI is InChI=1S/C13H20N2O2/c1-9-6-12-13(17-8-16-12)7-11(9)15(3)10(2)4-5-14/h6-7,10H,4-5,8,14H2,1-3H3. The average molecular weight is 236 g/mol. The maximum Gasteiger partial charge on any atom is 0.231 e. The van der Waals surface area contributed by atoms with Gasteiger partial charge in [-0.25, -0.2) is 0 Å². The molecule has 1 atom stereocenters. The number of nitrogens with zero attached hydrogens (tertiary/aromatic N) is 1. The molecule has 0 bridgehead atoms. The number of anilines is 1. The smallest absolute Gasteiger partial charge is 0.231 e. The van der Waals surface area contributed by atoms with E-state index >= 15 is 0 Å². The van der Waals surface area contributed by atoms with Gasteiger partial charge in [-0.3, -0.25) is 0 Å². The van der Waals surface area contributed by atoms with Gasteiger partial charge in [0.05, 0.1) is 0 Å². The number of benzene rings is 1. The van der Waals surface area contributed by atoms with E-state index in [9.17, 15) is 0 Å². The van der Waals surface area contributed by atoms with Crippen LogP contribution in [0.25, 0.3) is 0 Å². The van der Waals surface area contributed by atoms with Crippen LogP contribution in [0.4, 0.5) is 5.69 Å². The fourth-order valence-electron chi connectivity index (χ4n) is 2.09. The predicted molar refractivity (Wildman–Crippen MR) is 68.8 cm³/mol. The first-order valence-corrected chi connectivity index (χ1v) is 5.96. The molecule has 1 heterocycles. The van der Waals surface area contributed by atoms with Gasteiger partial charge in [0.2, 0.25) is 6.79 Å². The summed E-state index contributed by atoms with van der Waals surface area (Å²) in [6.07, 6.45) is 0.977. The first-order chi connectivity index (χ1) is 8.13. The van der Waals surface area contributed by atoms with Crippen molar-refractivity contribution in [3.63, 3.8) is 0 Å². The van der Waals surface area contributed by atoms with Gasteiger partial charge in [-0.2, -0.15) is 0 Å². The Balaban J connectivity index is 2.26. The van der Waals surface area contributed by atoms with Gasteiger partial charge in [0.25, 0.3) is 0 Å². The van der Waals surface area contributed by atoms with Crippen molar-refractivity contribution in [2.75, 3.05) is 25.3 Å². The lowest BCUT2D eigenvalue weighted by atomic mass is 10.1. The maximum atomic E-state index is 5.60. The summed E-state index contributed by atoms with van der Waals surface area (Å²) in [6, 6.07) is 4.49. The molecule has 1 aromatic rings. The van der Waals surface area contributed by atoms with Gasteiger partial charge >= 0.3 is 0 Å². The third-order valence-corrected chi connectivity index (χ3v) is 3.32. The van der Waals surface area contributed by atoms with Gasteiger partial charge in [-0.05, 0) is 38.4 Å². The summed E-state index contributed by atoms with van der Waals surface area (Å²) < 4.78 is 10.8.